The second-order valence-electron chi connectivity index (χ2n) is 4.94. The van der Waals surface area contributed by atoms with Crippen molar-refractivity contribution in [2.75, 3.05) is 25.7 Å². The van der Waals surface area contributed by atoms with Gasteiger partial charge in [0.25, 0.3) is 0 Å². The van der Waals surface area contributed by atoms with Crippen molar-refractivity contribution in [1.82, 2.24) is 10.3 Å². The molecule has 100 valence electrons. The molecule has 0 bridgehead atoms. The smallest absolute Gasteiger partial charge is 0.128 e. The first-order valence-corrected chi connectivity index (χ1v) is 7.57. The summed E-state index contributed by atoms with van der Waals surface area (Å²) in [5.41, 5.74) is 3.50. The molecule has 4 heteroatoms. The van der Waals surface area contributed by atoms with Gasteiger partial charge in [0, 0.05) is 34.8 Å². The Labute approximate surface area is 114 Å². The quantitative estimate of drug-likeness (QED) is 0.906. The molecule has 0 spiro atoms. The van der Waals surface area contributed by atoms with E-state index in [1.54, 1.807) is 7.11 Å². The highest BCUT2D eigenvalue weighted by molar-refractivity contribution is 7.99. The summed E-state index contributed by atoms with van der Waals surface area (Å²) in [4.78, 5) is 4.60. The lowest BCUT2D eigenvalue weighted by atomic mass is 9.95. The Bertz CT molecular complexity index is 423. The van der Waals surface area contributed by atoms with Crippen LogP contribution >= 0.6 is 11.8 Å². The predicted molar refractivity (Wildman–Crippen MR) is 77.6 cm³/mol. The lowest BCUT2D eigenvalue weighted by Gasteiger charge is -2.19. The van der Waals surface area contributed by atoms with E-state index in [9.17, 15) is 0 Å². The molecule has 0 radical (unpaired) electrons. The molecule has 2 unspecified atom stereocenters. The Morgan fingerprint density at radius 3 is 2.89 bits per heavy atom. The molecule has 1 fully saturated rings. The van der Waals surface area contributed by atoms with Crippen LogP contribution < -0.4 is 10.1 Å². The summed E-state index contributed by atoms with van der Waals surface area (Å²) in [6, 6.07) is 0.614. The molecule has 1 N–H and O–H groups in total. The van der Waals surface area contributed by atoms with Gasteiger partial charge >= 0.3 is 0 Å². The molecule has 2 heterocycles. The van der Waals surface area contributed by atoms with E-state index < -0.39 is 0 Å². The summed E-state index contributed by atoms with van der Waals surface area (Å²) in [6.07, 6.45) is 2.97. The van der Waals surface area contributed by atoms with Crippen LogP contribution in [-0.4, -0.2) is 36.7 Å². The van der Waals surface area contributed by atoms with E-state index in [2.05, 4.69) is 24.3 Å². The second kappa shape index (κ2) is 5.93. The molecule has 3 nitrogen and oxygen atoms in total. The number of hydrogen-bond donors (Lipinski definition) is 1. The van der Waals surface area contributed by atoms with Gasteiger partial charge in [-0.1, -0.05) is 0 Å². The van der Waals surface area contributed by atoms with Crippen LogP contribution in [-0.2, 0) is 6.42 Å². The van der Waals surface area contributed by atoms with Gasteiger partial charge in [-0.15, -0.1) is 0 Å². The molecule has 2 atom stereocenters. The molecular formula is C14H22N2OS. The molecule has 1 saturated heterocycles. The number of aromatic nitrogens is 1. The number of pyridine rings is 1. The van der Waals surface area contributed by atoms with Crippen LogP contribution in [0.4, 0.5) is 0 Å². The maximum absolute atomic E-state index is 5.47. The zero-order valence-corrected chi connectivity index (χ0v) is 12.4. The maximum Gasteiger partial charge on any atom is 0.128 e. The summed E-state index contributed by atoms with van der Waals surface area (Å²) in [5.74, 6) is 4.11. The highest BCUT2D eigenvalue weighted by atomic mass is 32.2. The van der Waals surface area contributed by atoms with E-state index in [-0.39, 0.29) is 0 Å². The van der Waals surface area contributed by atoms with Crippen molar-refractivity contribution in [1.29, 1.82) is 0 Å². The van der Waals surface area contributed by atoms with Crippen molar-refractivity contribution in [3.8, 4) is 5.75 Å². The largest absolute Gasteiger partial charge is 0.496 e. The van der Waals surface area contributed by atoms with E-state index in [1.165, 1.54) is 22.8 Å². The van der Waals surface area contributed by atoms with Crippen LogP contribution in [0.25, 0.3) is 0 Å². The Morgan fingerprint density at radius 2 is 2.22 bits per heavy atom. The highest BCUT2D eigenvalue weighted by Crippen LogP contribution is 2.30. The van der Waals surface area contributed by atoms with E-state index in [1.807, 2.05) is 24.9 Å². The molecule has 2 rings (SSSR count). The van der Waals surface area contributed by atoms with Gasteiger partial charge in [0.2, 0.25) is 0 Å². The molecule has 0 amide bonds. The predicted octanol–water partition coefficient (Wildman–Crippen LogP) is 2.20. The number of hydrogen-bond acceptors (Lipinski definition) is 4. The van der Waals surface area contributed by atoms with Gasteiger partial charge in [0.1, 0.15) is 5.75 Å². The fraction of sp³-hybridized carbons (Fsp3) is 0.643. The Morgan fingerprint density at radius 1 is 1.44 bits per heavy atom. The molecule has 1 aromatic rings. The van der Waals surface area contributed by atoms with E-state index in [0.717, 1.165) is 17.7 Å². The van der Waals surface area contributed by atoms with Crippen molar-refractivity contribution in [3.05, 3.63) is 23.0 Å². The zero-order valence-electron chi connectivity index (χ0n) is 11.6. The van der Waals surface area contributed by atoms with Gasteiger partial charge in [-0.3, -0.25) is 4.98 Å². The average Bonchev–Trinajstić information content (AvgIpc) is 2.81. The van der Waals surface area contributed by atoms with Gasteiger partial charge in [-0.25, -0.2) is 0 Å². The Balaban J connectivity index is 2.19. The third kappa shape index (κ3) is 2.64. The number of rotatable bonds is 4. The monoisotopic (exact) mass is 266 g/mol. The molecule has 1 aliphatic rings. The van der Waals surface area contributed by atoms with E-state index >= 15 is 0 Å². The summed E-state index contributed by atoms with van der Waals surface area (Å²) in [5, 5.41) is 3.41. The molecule has 0 aromatic carbocycles. The van der Waals surface area contributed by atoms with Gasteiger partial charge in [-0.05, 0) is 39.0 Å². The van der Waals surface area contributed by atoms with Crippen LogP contribution in [0.1, 0.15) is 16.8 Å². The SMILES string of the molecule is CNC1CSCC1Cc1ncc(C)c(OC)c1C. The summed E-state index contributed by atoms with van der Waals surface area (Å²) >= 11 is 2.03. The highest BCUT2D eigenvalue weighted by Gasteiger charge is 2.27. The lowest BCUT2D eigenvalue weighted by Crippen LogP contribution is -2.33. The first kappa shape index (κ1) is 13.7. The van der Waals surface area contributed by atoms with E-state index in [0.29, 0.717) is 12.0 Å². The maximum atomic E-state index is 5.47. The number of nitrogens with zero attached hydrogens (tertiary/aromatic N) is 1. The normalized spacial score (nSPS) is 23.3. The number of methoxy groups -OCH3 is 1. The minimum Gasteiger partial charge on any atom is -0.496 e. The van der Waals surface area contributed by atoms with Crippen LogP contribution in [0, 0.1) is 19.8 Å². The summed E-state index contributed by atoms with van der Waals surface area (Å²) in [7, 11) is 3.79. The first-order chi connectivity index (χ1) is 8.67. The fourth-order valence-corrected chi connectivity index (χ4v) is 4.13. The number of aryl methyl sites for hydroxylation is 1. The van der Waals surface area contributed by atoms with Gasteiger partial charge in [0.15, 0.2) is 0 Å². The first-order valence-electron chi connectivity index (χ1n) is 6.41. The summed E-state index contributed by atoms with van der Waals surface area (Å²) in [6.45, 7) is 4.16. The van der Waals surface area contributed by atoms with Crippen molar-refractivity contribution in [2.45, 2.75) is 26.3 Å². The number of ether oxygens (including phenoxy) is 1. The van der Waals surface area contributed by atoms with Gasteiger partial charge < -0.3 is 10.1 Å². The third-order valence-corrected chi connectivity index (χ3v) is 5.03. The Hall–Kier alpha value is -0.740. The second-order valence-corrected chi connectivity index (χ2v) is 6.02. The Kier molecular flexibility index (Phi) is 4.51. The van der Waals surface area contributed by atoms with Crippen molar-refractivity contribution in [3.63, 3.8) is 0 Å². The van der Waals surface area contributed by atoms with Gasteiger partial charge in [0.05, 0.1) is 7.11 Å². The molecule has 18 heavy (non-hydrogen) atoms. The van der Waals surface area contributed by atoms with Crippen molar-refractivity contribution < 1.29 is 4.74 Å². The van der Waals surface area contributed by atoms with Crippen LogP contribution in [0.3, 0.4) is 0 Å². The van der Waals surface area contributed by atoms with Gasteiger partial charge in [-0.2, -0.15) is 11.8 Å². The standard InChI is InChI=1S/C14H22N2OS/c1-9-6-16-12(10(2)14(9)17-4)5-11-7-18-8-13(11)15-3/h6,11,13,15H,5,7-8H2,1-4H3. The van der Waals surface area contributed by atoms with Crippen LogP contribution in [0.2, 0.25) is 0 Å². The third-order valence-electron chi connectivity index (χ3n) is 3.77. The number of thioether (sulfide) groups is 1. The molecule has 0 saturated carbocycles. The number of nitrogens with one attached hydrogen (secondary N) is 1. The molecule has 1 aliphatic heterocycles. The lowest BCUT2D eigenvalue weighted by molar-refractivity contribution is 0.404. The van der Waals surface area contributed by atoms with Crippen LogP contribution in [0.15, 0.2) is 6.20 Å². The fourth-order valence-electron chi connectivity index (χ4n) is 2.64. The average molecular weight is 266 g/mol. The van der Waals surface area contributed by atoms with E-state index in [4.69, 9.17) is 4.74 Å². The van der Waals surface area contributed by atoms with Crippen molar-refractivity contribution in [2.24, 2.45) is 5.92 Å². The topological polar surface area (TPSA) is 34.2 Å². The molecule has 0 aliphatic carbocycles. The minimum atomic E-state index is 0.614. The zero-order chi connectivity index (χ0) is 13.1. The minimum absolute atomic E-state index is 0.614. The van der Waals surface area contributed by atoms with Crippen molar-refractivity contribution >= 4 is 11.8 Å². The summed E-state index contributed by atoms with van der Waals surface area (Å²) < 4.78 is 5.47. The molecular weight excluding hydrogens is 244 g/mol. The van der Waals surface area contributed by atoms with Crippen LogP contribution in [0.5, 0.6) is 5.75 Å². The molecule has 1 aromatic heterocycles.